The number of rotatable bonds is 2. The molecule has 0 aliphatic carbocycles. The van der Waals surface area contributed by atoms with Gasteiger partial charge in [-0.3, -0.25) is 4.79 Å². The zero-order valence-electron chi connectivity index (χ0n) is 8.64. The fourth-order valence-corrected chi connectivity index (χ4v) is 1.54. The molecule has 16 heavy (non-hydrogen) atoms. The largest absolute Gasteiger partial charge is 0.294 e. The van der Waals surface area contributed by atoms with E-state index >= 15 is 0 Å². The number of aldehydes is 1. The minimum Gasteiger partial charge on any atom is -0.294 e. The number of carbonyl (C=O) groups excluding carboxylic acids is 1. The van der Waals surface area contributed by atoms with E-state index in [1.807, 2.05) is 19.1 Å². The number of hydrogen-bond acceptors (Lipinski definition) is 3. The predicted molar refractivity (Wildman–Crippen MR) is 62.6 cm³/mol. The lowest BCUT2D eigenvalue weighted by Gasteiger charge is -2.04. The van der Waals surface area contributed by atoms with E-state index in [2.05, 4.69) is 9.97 Å². The van der Waals surface area contributed by atoms with Crippen molar-refractivity contribution >= 4 is 17.9 Å². The Hall–Kier alpha value is -1.74. The summed E-state index contributed by atoms with van der Waals surface area (Å²) in [5, 5.41) is 0.672. The van der Waals surface area contributed by atoms with Crippen molar-refractivity contribution in [3.63, 3.8) is 0 Å². The molecule has 4 heteroatoms. The third-order valence-corrected chi connectivity index (χ3v) is 2.47. The summed E-state index contributed by atoms with van der Waals surface area (Å²) in [6.45, 7) is 1.90. The van der Waals surface area contributed by atoms with Crippen molar-refractivity contribution in [3.05, 3.63) is 46.9 Å². The van der Waals surface area contributed by atoms with Crippen molar-refractivity contribution in [1.82, 2.24) is 9.97 Å². The summed E-state index contributed by atoms with van der Waals surface area (Å²) in [4.78, 5) is 18.7. The quantitative estimate of drug-likeness (QED) is 0.748. The smallest absolute Gasteiger partial charge is 0.193 e. The third kappa shape index (κ3) is 2.09. The molecule has 80 valence electrons. The standard InChI is InChI=1S/C12H9ClN2O/c1-8-6-14-11(7-16)15-12(8)9-2-4-10(13)5-3-9/h2-7H,1H3. The van der Waals surface area contributed by atoms with E-state index in [0.717, 1.165) is 16.8 Å². The fourth-order valence-electron chi connectivity index (χ4n) is 1.41. The molecule has 0 atom stereocenters. The maximum absolute atomic E-state index is 10.6. The van der Waals surface area contributed by atoms with E-state index in [0.29, 0.717) is 11.3 Å². The Kier molecular flexibility index (Phi) is 2.97. The van der Waals surface area contributed by atoms with Crippen molar-refractivity contribution in [2.24, 2.45) is 0 Å². The molecule has 3 nitrogen and oxygen atoms in total. The highest BCUT2D eigenvalue weighted by molar-refractivity contribution is 6.30. The molecule has 1 aromatic carbocycles. The van der Waals surface area contributed by atoms with E-state index < -0.39 is 0 Å². The molecule has 0 radical (unpaired) electrons. The molecule has 0 bridgehead atoms. The summed E-state index contributed by atoms with van der Waals surface area (Å²) in [7, 11) is 0. The summed E-state index contributed by atoms with van der Waals surface area (Å²) < 4.78 is 0. The Morgan fingerprint density at radius 3 is 2.56 bits per heavy atom. The number of benzene rings is 1. The van der Waals surface area contributed by atoms with Crippen LogP contribution < -0.4 is 0 Å². The van der Waals surface area contributed by atoms with Gasteiger partial charge < -0.3 is 0 Å². The van der Waals surface area contributed by atoms with Gasteiger partial charge in [-0.25, -0.2) is 9.97 Å². The lowest BCUT2D eigenvalue weighted by Crippen LogP contribution is -1.97. The van der Waals surface area contributed by atoms with Crippen LogP contribution in [0.3, 0.4) is 0 Å². The second-order valence-electron chi connectivity index (χ2n) is 3.38. The maximum atomic E-state index is 10.6. The van der Waals surface area contributed by atoms with Gasteiger partial charge in [0.25, 0.3) is 0 Å². The summed E-state index contributed by atoms with van der Waals surface area (Å²) in [5.74, 6) is 0.190. The van der Waals surface area contributed by atoms with Crippen molar-refractivity contribution in [3.8, 4) is 11.3 Å². The number of carbonyl (C=O) groups is 1. The molecule has 0 fully saturated rings. The first kappa shape index (κ1) is 10.8. The van der Waals surface area contributed by atoms with Gasteiger partial charge in [0.05, 0.1) is 5.69 Å². The van der Waals surface area contributed by atoms with Gasteiger partial charge in [0.2, 0.25) is 0 Å². The van der Waals surface area contributed by atoms with Gasteiger partial charge in [0.15, 0.2) is 12.1 Å². The van der Waals surface area contributed by atoms with Crippen LogP contribution in [0.1, 0.15) is 16.2 Å². The second kappa shape index (κ2) is 4.41. The average Bonchev–Trinajstić information content (AvgIpc) is 2.31. The summed E-state index contributed by atoms with van der Waals surface area (Å²) >= 11 is 5.81. The Morgan fingerprint density at radius 1 is 1.25 bits per heavy atom. The van der Waals surface area contributed by atoms with Crippen molar-refractivity contribution < 1.29 is 4.79 Å². The van der Waals surface area contributed by atoms with E-state index in [1.165, 1.54) is 0 Å². The van der Waals surface area contributed by atoms with Gasteiger partial charge in [0, 0.05) is 16.8 Å². The summed E-state index contributed by atoms with van der Waals surface area (Å²) in [6, 6.07) is 7.32. The van der Waals surface area contributed by atoms with E-state index in [4.69, 9.17) is 11.6 Å². The molecule has 1 heterocycles. The first-order valence-electron chi connectivity index (χ1n) is 4.75. The van der Waals surface area contributed by atoms with Crippen LogP contribution in [-0.2, 0) is 0 Å². The molecule has 0 saturated heterocycles. The topological polar surface area (TPSA) is 42.9 Å². The van der Waals surface area contributed by atoms with Gasteiger partial charge in [0.1, 0.15) is 0 Å². The Labute approximate surface area is 98.1 Å². The number of hydrogen-bond donors (Lipinski definition) is 0. The van der Waals surface area contributed by atoms with Gasteiger partial charge in [-0.05, 0) is 24.6 Å². The Morgan fingerprint density at radius 2 is 1.94 bits per heavy atom. The van der Waals surface area contributed by atoms with Crippen molar-refractivity contribution in [2.45, 2.75) is 6.92 Å². The zero-order chi connectivity index (χ0) is 11.5. The number of nitrogens with zero attached hydrogens (tertiary/aromatic N) is 2. The lowest BCUT2D eigenvalue weighted by molar-refractivity contribution is 0.111. The molecular weight excluding hydrogens is 224 g/mol. The van der Waals surface area contributed by atoms with Crippen LogP contribution in [0.4, 0.5) is 0 Å². The predicted octanol–water partition coefficient (Wildman–Crippen LogP) is 2.92. The molecule has 0 unspecified atom stereocenters. The first-order valence-corrected chi connectivity index (χ1v) is 5.13. The highest BCUT2D eigenvalue weighted by atomic mass is 35.5. The molecule has 2 rings (SSSR count). The molecule has 0 amide bonds. The molecule has 2 aromatic rings. The molecular formula is C12H9ClN2O. The molecule has 1 aromatic heterocycles. The summed E-state index contributed by atoms with van der Waals surface area (Å²) in [6.07, 6.45) is 2.28. The van der Waals surface area contributed by atoms with E-state index in [9.17, 15) is 4.79 Å². The van der Waals surface area contributed by atoms with Crippen LogP contribution in [0.5, 0.6) is 0 Å². The first-order chi connectivity index (χ1) is 7.70. The highest BCUT2D eigenvalue weighted by Crippen LogP contribution is 2.22. The SMILES string of the molecule is Cc1cnc(C=O)nc1-c1ccc(Cl)cc1. The molecule has 0 aliphatic heterocycles. The van der Waals surface area contributed by atoms with Crippen LogP contribution in [0.25, 0.3) is 11.3 Å². The van der Waals surface area contributed by atoms with Crippen LogP contribution in [-0.4, -0.2) is 16.3 Å². The zero-order valence-corrected chi connectivity index (χ0v) is 9.40. The van der Waals surface area contributed by atoms with Crippen molar-refractivity contribution in [2.75, 3.05) is 0 Å². The minimum absolute atomic E-state index is 0.190. The average molecular weight is 233 g/mol. The number of aryl methyl sites for hydroxylation is 1. The van der Waals surface area contributed by atoms with E-state index in [-0.39, 0.29) is 5.82 Å². The third-order valence-electron chi connectivity index (χ3n) is 2.21. The summed E-state index contributed by atoms with van der Waals surface area (Å²) in [5.41, 5.74) is 2.61. The number of aromatic nitrogens is 2. The normalized spacial score (nSPS) is 10.1. The van der Waals surface area contributed by atoms with Crippen LogP contribution in [0.15, 0.2) is 30.5 Å². The van der Waals surface area contributed by atoms with E-state index in [1.54, 1.807) is 18.3 Å². The minimum atomic E-state index is 0.190. The molecule has 0 saturated carbocycles. The van der Waals surface area contributed by atoms with Gasteiger partial charge in [-0.1, -0.05) is 23.7 Å². The number of halogens is 1. The fraction of sp³-hybridized carbons (Fsp3) is 0.0833. The van der Waals surface area contributed by atoms with Crippen LogP contribution in [0.2, 0.25) is 5.02 Å². The monoisotopic (exact) mass is 232 g/mol. The lowest BCUT2D eigenvalue weighted by atomic mass is 10.1. The molecule has 0 aliphatic rings. The van der Waals surface area contributed by atoms with Gasteiger partial charge in [-0.2, -0.15) is 0 Å². The van der Waals surface area contributed by atoms with Crippen LogP contribution >= 0.6 is 11.6 Å². The van der Waals surface area contributed by atoms with Gasteiger partial charge in [-0.15, -0.1) is 0 Å². The van der Waals surface area contributed by atoms with Crippen molar-refractivity contribution in [1.29, 1.82) is 0 Å². The van der Waals surface area contributed by atoms with Crippen LogP contribution in [0, 0.1) is 6.92 Å². The molecule has 0 spiro atoms. The maximum Gasteiger partial charge on any atom is 0.193 e. The second-order valence-corrected chi connectivity index (χ2v) is 3.82. The highest BCUT2D eigenvalue weighted by Gasteiger charge is 2.05. The Bertz CT molecular complexity index is 523. The van der Waals surface area contributed by atoms with Gasteiger partial charge >= 0.3 is 0 Å². The Balaban J connectivity index is 2.54. The molecule has 0 N–H and O–H groups in total.